The number of carbonyl (C=O) groups excluding carboxylic acids is 2. The monoisotopic (exact) mass is 426 g/mol. The van der Waals surface area contributed by atoms with Gasteiger partial charge in [-0.05, 0) is 60.3 Å². The van der Waals surface area contributed by atoms with Crippen LogP contribution >= 0.6 is 12.2 Å². The van der Waals surface area contributed by atoms with Gasteiger partial charge in [0, 0.05) is 0 Å². The molecule has 0 radical (unpaired) electrons. The smallest absolute Gasteiger partial charge is 0.325 e. The third kappa shape index (κ3) is 3.55. The highest BCUT2D eigenvalue weighted by Crippen LogP contribution is 2.35. The zero-order valence-electron chi connectivity index (χ0n) is 16.3. The lowest BCUT2D eigenvalue weighted by molar-refractivity contribution is -0.140. The standard InChI is InChI=1S/C21H18N2O6S/c1-26-15-6-4-14(5-7-15)23-20(25)16(22(21(23)30)11-19(24)27-2)9-13-3-8-17-18(10-13)29-12-28-17/h3-10H,11-12H2,1-2H3/b16-9-. The first kappa shape index (κ1) is 19.7. The van der Waals surface area contributed by atoms with E-state index in [9.17, 15) is 9.59 Å². The molecule has 1 fully saturated rings. The van der Waals surface area contributed by atoms with Gasteiger partial charge in [-0.1, -0.05) is 6.07 Å². The molecule has 2 aromatic rings. The van der Waals surface area contributed by atoms with E-state index in [4.69, 9.17) is 31.2 Å². The summed E-state index contributed by atoms with van der Waals surface area (Å²) in [4.78, 5) is 28.1. The summed E-state index contributed by atoms with van der Waals surface area (Å²) < 4.78 is 20.7. The predicted molar refractivity (Wildman–Crippen MR) is 112 cm³/mol. The largest absolute Gasteiger partial charge is 0.497 e. The normalized spacial score (nSPS) is 16.4. The quantitative estimate of drug-likeness (QED) is 0.410. The lowest BCUT2D eigenvalue weighted by Crippen LogP contribution is -2.35. The minimum Gasteiger partial charge on any atom is -0.497 e. The van der Waals surface area contributed by atoms with Gasteiger partial charge in [0.1, 0.15) is 18.0 Å². The van der Waals surface area contributed by atoms with Crippen molar-refractivity contribution in [2.75, 3.05) is 32.5 Å². The van der Waals surface area contributed by atoms with Crippen LogP contribution in [0.1, 0.15) is 5.56 Å². The summed E-state index contributed by atoms with van der Waals surface area (Å²) in [5.74, 6) is 1.00. The summed E-state index contributed by atoms with van der Waals surface area (Å²) in [6.45, 7) is -0.0395. The van der Waals surface area contributed by atoms with E-state index in [1.807, 2.05) is 0 Å². The van der Waals surface area contributed by atoms with Gasteiger partial charge in [-0.2, -0.15) is 0 Å². The molecule has 30 heavy (non-hydrogen) atoms. The Morgan fingerprint density at radius 1 is 1.13 bits per heavy atom. The number of ether oxygens (including phenoxy) is 4. The molecule has 0 bridgehead atoms. The molecule has 1 amide bonds. The predicted octanol–water partition coefficient (Wildman–Crippen LogP) is 2.57. The van der Waals surface area contributed by atoms with Crippen molar-refractivity contribution in [2.45, 2.75) is 0 Å². The van der Waals surface area contributed by atoms with Crippen molar-refractivity contribution >= 4 is 41.0 Å². The van der Waals surface area contributed by atoms with Crippen LogP contribution in [0.4, 0.5) is 5.69 Å². The maximum absolute atomic E-state index is 13.3. The Balaban J connectivity index is 1.73. The Morgan fingerprint density at radius 3 is 2.57 bits per heavy atom. The second-order valence-electron chi connectivity index (χ2n) is 6.43. The van der Waals surface area contributed by atoms with Crippen LogP contribution in [0.15, 0.2) is 48.2 Å². The van der Waals surface area contributed by atoms with E-state index in [2.05, 4.69) is 0 Å². The number of carbonyl (C=O) groups is 2. The third-order valence-electron chi connectivity index (χ3n) is 4.68. The van der Waals surface area contributed by atoms with Crippen molar-refractivity contribution in [1.82, 2.24) is 4.90 Å². The molecule has 0 atom stereocenters. The third-order valence-corrected chi connectivity index (χ3v) is 5.08. The number of hydrogen-bond donors (Lipinski definition) is 0. The number of nitrogens with zero attached hydrogens (tertiary/aromatic N) is 2. The molecule has 0 unspecified atom stereocenters. The molecule has 2 aliphatic rings. The average Bonchev–Trinajstić information content (AvgIpc) is 3.32. The van der Waals surface area contributed by atoms with E-state index in [1.165, 1.54) is 16.9 Å². The van der Waals surface area contributed by atoms with Crippen molar-refractivity contribution in [3.05, 3.63) is 53.7 Å². The van der Waals surface area contributed by atoms with Crippen LogP contribution in [0.5, 0.6) is 17.2 Å². The fraction of sp³-hybridized carbons (Fsp3) is 0.190. The molecule has 4 rings (SSSR count). The van der Waals surface area contributed by atoms with Gasteiger partial charge in [-0.15, -0.1) is 0 Å². The Bertz CT molecular complexity index is 1050. The number of benzene rings is 2. The van der Waals surface area contributed by atoms with E-state index in [0.717, 1.165) is 0 Å². The molecule has 0 spiro atoms. The van der Waals surface area contributed by atoms with E-state index in [-0.39, 0.29) is 30.1 Å². The molecule has 8 nitrogen and oxygen atoms in total. The van der Waals surface area contributed by atoms with E-state index < -0.39 is 5.97 Å². The molecule has 0 saturated carbocycles. The van der Waals surface area contributed by atoms with E-state index in [1.54, 1.807) is 55.7 Å². The summed E-state index contributed by atoms with van der Waals surface area (Å²) in [6, 6.07) is 12.2. The second kappa shape index (κ2) is 8.03. The second-order valence-corrected chi connectivity index (χ2v) is 6.79. The zero-order chi connectivity index (χ0) is 21.3. The highest BCUT2D eigenvalue weighted by Gasteiger charge is 2.40. The van der Waals surface area contributed by atoms with Crippen LogP contribution in [-0.2, 0) is 14.3 Å². The lowest BCUT2D eigenvalue weighted by Gasteiger charge is -2.19. The summed E-state index contributed by atoms with van der Waals surface area (Å²) >= 11 is 5.53. The van der Waals surface area contributed by atoms with Crippen LogP contribution in [0.2, 0.25) is 0 Å². The van der Waals surface area contributed by atoms with Crippen molar-refractivity contribution in [2.24, 2.45) is 0 Å². The average molecular weight is 426 g/mol. The number of esters is 1. The van der Waals surface area contributed by atoms with Crippen LogP contribution in [0.25, 0.3) is 6.08 Å². The van der Waals surface area contributed by atoms with Gasteiger partial charge in [-0.3, -0.25) is 14.5 Å². The molecule has 9 heteroatoms. The van der Waals surface area contributed by atoms with Gasteiger partial charge in [0.25, 0.3) is 5.91 Å². The summed E-state index contributed by atoms with van der Waals surface area (Å²) in [5, 5.41) is 0.183. The van der Waals surface area contributed by atoms with Crippen LogP contribution in [0, 0.1) is 0 Å². The molecule has 2 aliphatic heterocycles. The van der Waals surface area contributed by atoms with Gasteiger partial charge in [0.05, 0.1) is 19.9 Å². The molecule has 154 valence electrons. The number of hydrogen-bond acceptors (Lipinski definition) is 7. The molecule has 2 aromatic carbocycles. The molecule has 0 N–H and O–H groups in total. The van der Waals surface area contributed by atoms with Gasteiger partial charge in [-0.25, -0.2) is 0 Å². The molecule has 1 saturated heterocycles. The SMILES string of the molecule is COC(=O)CN1C(=S)N(c2ccc(OC)cc2)C(=O)/C1=C/c1ccc2c(c1)OCO2. The number of rotatable bonds is 5. The first-order valence-corrected chi connectivity index (χ1v) is 9.41. The van der Waals surface area contributed by atoms with Gasteiger partial charge in [0.15, 0.2) is 16.6 Å². The first-order valence-electron chi connectivity index (χ1n) is 9.00. The zero-order valence-corrected chi connectivity index (χ0v) is 17.1. The fourth-order valence-electron chi connectivity index (χ4n) is 3.15. The maximum atomic E-state index is 13.3. The minimum absolute atomic E-state index is 0.151. The van der Waals surface area contributed by atoms with Crippen molar-refractivity contribution in [1.29, 1.82) is 0 Å². The van der Waals surface area contributed by atoms with Gasteiger partial charge < -0.3 is 23.8 Å². The molecular formula is C21H18N2O6S. The van der Waals surface area contributed by atoms with Crippen molar-refractivity contribution in [3.63, 3.8) is 0 Å². The number of amides is 1. The Labute approximate surface area is 178 Å². The molecule has 0 aromatic heterocycles. The Kier molecular flexibility index (Phi) is 5.28. The number of anilines is 1. The number of thiocarbonyl (C=S) groups is 1. The summed E-state index contributed by atoms with van der Waals surface area (Å²) in [5.41, 5.74) is 1.52. The van der Waals surface area contributed by atoms with Crippen LogP contribution < -0.4 is 19.1 Å². The van der Waals surface area contributed by atoms with Crippen molar-refractivity contribution < 1.29 is 28.5 Å². The van der Waals surface area contributed by atoms with E-state index in [0.29, 0.717) is 28.5 Å². The minimum atomic E-state index is -0.515. The lowest BCUT2D eigenvalue weighted by atomic mass is 10.1. The topological polar surface area (TPSA) is 77.5 Å². The number of fused-ring (bicyclic) bond motifs is 1. The fourth-order valence-corrected chi connectivity index (χ4v) is 3.50. The highest BCUT2D eigenvalue weighted by molar-refractivity contribution is 7.80. The van der Waals surface area contributed by atoms with E-state index >= 15 is 0 Å². The first-order chi connectivity index (χ1) is 14.5. The van der Waals surface area contributed by atoms with Crippen LogP contribution in [-0.4, -0.2) is 49.4 Å². The molecule has 2 heterocycles. The number of methoxy groups -OCH3 is 2. The van der Waals surface area contributed by atoms with Gasteiger partial charge >= 0.3 is 5.97 Å². The van der Waals surface area contributed by atoms with Crippen LogP contribution in [0.3, 0.4) is 0 Å². The Morgan fingerprint density at radius 2 is 1.87 bits per heavy atom. The molecule has 0 aliphatic carbocycles. The maximum Gasteiger partial charge on any atom is 0.325 e. The van der Waals surface area contributed by atoms with Gasteiger partial charge in [0.2, 0.25) is 6.79 Å². The molecular weight excluding hydrogens is 408 g/mol. The summed E-state index contributed by atoms with van der Waals surface area (Å²) in [7, 11) is 2.84. The highest BCUT2D eigenvalue weighted by atomic mass is 32.1. The Hall–Kier alpha value is -3.59. The van der Waals surface area contributed by atoms with Crippen molar-refractivity contribution in [3.8, 4) is 17.2 Å². The summed E-state index contributed by atoms with van der Waals surface area (Å²) in [6.07, 6.45) is 1.66.